The Morgan fingerprint density at radius 2 is 2.18 bits per heavy atom. The second kappa shape index (κ2) is 6.12. The molecule has 4 nitrogen and oxygen atoms in total. The number of nitrogens with zero attached hydrogens (tertiary/aromatic N) is 1. The van der Waals surface area contributed by atoms with Gasteiger partial charge < -0.3 is 15.7 Å². The van der Waals surface area contributed by atoms with Crippen LogP contribution < -0.4 is 5.73 Å². The van der Waals surface area contributed by atoms with E-state index in [1.807, 2.05) is 11.9 Å². The highest BCUT2D eigenvalue weighted by Gasteiger charge is 2.00. The van der Waals surface area contributed by atoms with Crippen LogP contribution in [0.15, 0.2) is 0 Å². The quantitative estimate of drug-likeness (QED) is 0.562. The number of hydrogen-bond acceptors (Lipinski definition) is 3. The van der Waals surface area contributed by atoms with Crippen LogP contribution in [0.3, 0.4) is 0 Å². The summed E-state index contributed by atoms with van der Waals surface area (Å²) < 4.78 is 0. The van der Waals surface area contributed by atoms with E-state index in [1.165, 1.54) is 0 Å². The van der Waals surface area contributed by atoms with Gasteiger partial charge in [0, 0.05) is 6.54 Å². The van der Waals surface area contributed by atoms with Crippen molar-refractivity contribution in [2.24, 2.45) is 5.73 Å². The van der Waals surface area contributed by atoms with Crippen LogP contribution in [0.2, 0.25) is 0 Å². The minimum absolute atomic E-state index is 0.209. The Balaban J connectivity index is 3.22. The second-order valence-corrected chi connectivity index (χ2v) is 2.59. The van der Waals surface area contributed by atoms with Crippen molar-refractivity contribution in [2.75, 3.05) is 26.7 Å². The third-order valence-corrected chi connectivity index (χ3v) is 1.45. The SMILES string of the molecule is CN(CCCN)CCC(=O)O. The van der Waals surface area contributed by atoms with Crippen molar-refractivity contribution in [3.8, 4) is 0 Å². The third-order valence-electron chi connectivity index (χ3n) is 1.45. The van der Waals surface area contributed by atoms with Gasteiger partial charge in [0.25, 0.3) is 0 Å². The molecule has 66 valence electrons. The summed E-state index contributed by atoms with van der Waals surface area (Å²) in [4.78, 5) is 12.1. The summed E-state index contributed by atoms with van der Waals surface area (Å²) in [7, 11) is 1.90. The second-order valence-electron chi connectivity index (χ2n) is 2.59. The fourth-order valence-corrected chi connectivity index (χ4v) is 0.760. The Labute approximate surface area is 67.0 Å². The van der Waals surface area contributed by atoms with E-state index in [2.05, 4.69) is 0 Å². The van der Waals surface area contributed by atoms with Gasteiger partial charge in [-0.25, -0.2) is 0 Å². The molecule has 4 heteroatoms. The number of nitrogens with two attached hydrogens (primary N) is 1. The summed E-state index contributed by atoms with van der Waals surface area (Å²) in [5, 5.41) is 8.34. The van der Waals surface area contributed by atoms with Crippen LogP contribution in [0.1, 0.15) is 12.8 Å². The molecular weight excluding hydrogens is 144 g/mol. The lowest BCUT2D eigenvalue weighted by atomic mass is 10.3. The summed E-state index contributed by atoms with van der Waals surface area (Å²) in [6.07, 6.45) is 1.14. The molecule has 0 aromatic heterocycles. The summed E-state index contributed by atoms with van der Waals surface area (Å²) in [5.41, 5.74) is 5.29. The van der Waals surface area contributed by atoms with Gasteiger partial charge in [0.15, 0.2) is 0 Å². The van der Waals surface area contributed by atoms with Crippen molar-refractivity contribution in [2.45, 2.75) is 12.8 Å². The van der Waals surface area contributed by atoms with E-state index in [0.29, 0.717) is 13.1 Å². The van der Waals surface area contributed by atoms with Gasteiger partial charge in [-0.3, -0.25) is 4.79 Å². The average Bonchev–Trinajstić information content (AvgIpc) is 1.97. The number of hydrogen-bond donors (Lipinski definition) is 2. The molecule has 0 bridgehead atoms. The highest BCUT2D eigenvalue weighted by atomic mass is 16.4. The molecule has 0 aliphatic heterocycles. The van der Waals surface area contributed by atoms with Crippen LogP contribution in [-0.2, 0) is 4.79 Å². The van der Waals surface area contributed by atoms with Gasteiger partial charge in [-0.1, -0.05) is 0 Å². The third kappa shape index (κ3) is 7.29. The molecule has 0 amide bonds. The largest absolute Gasteiger partial charge is 0.481 e. The zero-order valence-electron chi connectivity index (χ0n) is 6.92. The molecule has 0 unspecified atom stereocenters. The van der Waals surface area contributed by atoms with E-state index < -0.39 is 5.97 Å². The molecule has 0 radical (unpaired) electrons. The van der Waals surface area contributed by atoms with Gasteiger partial charge in [0.1, 0.15) is 0 Å². The van der Waals surface area contributed by atoms with Crippen molar-refractivity contribution < 1.29 is 9.90 Å². The maximum atomic E-state index is 10.1. The van der Waals surface area contributed by atoms with Crippen LogP contribution in [0.4, 0.5) is 0 Å². The molecule has 0 atom stereocenters. The Morgan fingerprint density at radius 3 is 2.64 bits per heavy atom. The first kappa shape index (κ1) is 10.4. The molecule has 3 N–H and O–H groups in total. The van der Waals surface area contributed by atoms with Gasteiger partial charge in [-0.05, 0) is 26.6 Å². The van der Waals surface area contributed by atoms with Gasteiger partial charge in [-0.15, -0.1) is 0 Å². The average molecular weight is 160 g/mol. The Hall–Kier alpha value is -0.610. The summed E-state index contributed by atoms with van der Waals surface area (Å²) >= 11 is 0. The van der Waals surface area contributed by atoms with Crippen LogP contribution in [-0.4, -0.2) is 42.7 Å². The number of carbonyl (C=O) groups is 1. The predicted octanol–water partition coefficient (Wildman–Crippen LogP) is -0.258. The van der Waals surface area contributed by atoms with E-state index in [9.17, 15) is 4.79 Å². The van der Waals surface area contributed by atoms with Gasteiger partial charge in [-0.2, -0.15) is 0 Å². The minimum Gasteiger partial charge on any atom is -0.481 e. The van der Waals surface area contributed by atoms with E-state index in [1.54, 1.807) is 0 Å². The molecule has 0 aliphatic rings. The number of aliphatic carboxylic acids is 1. The fraction of sp³-hybridized carbons (Fsp3) is 0.857. The molecule has 0 rings (SSSR count). The molecule has 11 heavy (non-hydrogen) atoms. The maximum absolute atomic E-state index is 10.1. The lowest BCUT2D eigenvalue weighted by molar-refractivity contribution is -0.137. The van der Waals surface area contributed by atoms with Crippen LogP contribution in [0.25, 0.3) is 0 Å². The fourth-order valence-electron chi connectivity index (χ4n) is 0.760. The molecule has 0 spiro atoms. The topological polar surface area (TPSA) is 66.6 Å². The zero-order valence-corrected chi connectivity index (χ0v) is 6.92. The first-order valence-corrected chi connectivity index (χ1v) is 3.77. The normalized spacial score (nSPS) is 10.5. The van der Waals surface area contributed by atoms with Gasteiger partial charge in [0.2, 0.25) is 0 Å². The lowest BCUT2D eigenvalue weighted by Crippen LogP contribution is -2.24. The summed E-state index contributed by atoms with van der Waals surface area (Å²) in [6, 6.07) is 0. The van der Waals surface area contributed by atoms with Crippen LogP contribution in [0, 0.1) is 0 Å². The highest BCUT2D eigenvalue weighted by molar-refractivity contribution is 5.66. The van der Waals surface area contributed by atoms with Crippen molar-refractivity contribution in [1.29, 1.82) is 0 Å². The van der Waals surface area contributed by atoms with Gasteiger partial charge in [0.05, 0.1) is 6.42 Å². The lowest BCUT2D eigenvalue weighted by Gasteiger charge is -2.13. The molecule has 0 aliphatic carbocycles. The smallest absolute Gasteiger partial charge is 0.304 e. The zero-order chi connectivity index (χ0) is 8.69. The number of carboxylic acids is 1. The first-order valence-electron chi connectivity index (χ1n) is 3.77. The Morgan fingerprint density at radius 1 is 1.55 bits per heavy atom. The van der Waals surface area contributed by atoms with Crippen molar-refractivity contribution in [1.82, 2.24) is 4.90 Å². The Bertz CT molecular complexity index is 117. The molecule has 0 saturated heterocycles. The summed E-state index contributed by atoms with van der Waals surface area (Å²) in [5.74, 6) is -0.746. The van der Waals surface area contributed by atoms with Crippen molar-refractivity contribution in [3.63, 3.8) is 0 Å². The number of carboxylic acid groups (broad SMARTS) is 1. The summed E-state index contributed by atoms with van der Waals surface area (Å²) in [6.45, 7) is 2.15. The van der Waals surface area contributed by atoms with E-state index in [0.717, 1.165) is 13.0 Å². The molecule has 0 aromatic rings. The van der Waals surface area contributed by atoms with Crippen LogP contribution >= 0.6 is 0 Å². The first-order chi connectivity index (χ1) is 5.16. The minimum atomic E-state index is -0.746. The molecular formula is C7H16N2O2. The molecule has 0 heterocycles. The van der Waals surface area contributed by atoms with Crippen LogP contribution in [0.5, 0.6) is 0 Å². The predicted molar refractivity (Wildman–Crippen MR) is 43.4 cm³/mol. The van der Waals surface area contributed by atoms with Crippen molar-refractivity contribution in [3.05, 3.63) is 0 Å². The van der Waals surface area contributed by atoms with E-state index in [4.69, 9.17) is 10.8 Å². The standard InChI is InChI=1S/C7H16N2O2/c1-9(5-2-4-8)6-3-7(10)11/h2-6,8H2,1H3,(H,10,11). The molecule has 0 fully saturated rings. The Kier molecular flexibility index (Phi) is 5.78. The molecule has 0 aromatic carbocycles. The van der Waals surface area contributed by atoms with Gasteiger partial charge >= 0.3 is 5.97 Å². The van der Waals surface area contributed by atoms with E-state index >= 15 is 0 Å². The highest BCUT2D eigenvalue weighted by Crippen LogP contribution is 1.88. The van der Waals surface area contributed by atoms with Crippen molar-refractivity contribution >= 4 is 5.97 Å². The monoisotopic (exact) mass is 160 g/mol. The maximum Gasteiger partial charge on any atom is 0.304 e. The number of rotatable bonds is 6. The van der Waals surface area contributed by atoms with E-state index in [-0.39, 0.29) is 6.42 Å². The molecule has 0 saturated carbocycles.